The van der Waals surface area contributed by atoms with Crippen molar-refractivity contribution < 1.29 is 13.2 Å². The molecule has 0 unspecified atom stereocenters. The lowest BCUT2D eigenvalue weighted by Crippen LogP contribution is -2.30. The minimum atomic E-state index is -3.74. The molecule has 0 bridgehead atoms. The maximum Gasteiger partial charge on any atom is 0.279 e. The Balaban J connectivity index is 1.65. The second-order valence-electron chi connectivity index (χ2n) is 8.05. The van der Waals surface area contributed by atoms with Crippen LogP contribution in [-0.2, 0) is 23.1 Å². The number of sulfonamides is 1. The number of fused-ring (bicyclic) bond motifs is 1. The van der Waals surface area contributed by atoms with Crippen LogP contribution >= 0.6 is 22.9 Å². The lowest BCUT2D eigenvalue weighted by molar-refractivity contribution is 0.0998. The molecule has 184 valence electrons. The van der Waals surface area contributed by atoms with Gasteiger partial charge in [-0.1, -0.05) is 66.1 Å². The fourth-order valence-corrected chi connectivity index (χ4v) is 6.54. The molecule has 9 heteroatoms. The number of carbonyl (C=O) groups excluding carboxylic acids is 1. The number of thiazole rings is 1. The van der Waals surface area contributed by atoms with Crippen molar-refractivity contribution in [3.8, 4) is 12.3 Å². The first kappa shape index (κ1) is 25.9. The van der Waals surface area contributed by atoms with Gasteiger partial charge in [-0.05, 0) is 54.4 Å². The minimum Gasteiger partial charge on any atom is -0.304 e. The summed E-state index contributed by atoms with van der Waals surface area (Å²) in [7, 11) is -3.74. The molecule has 1 heterocycles. The van der Waals surface area contributed by atoms with E-state index in [0.717, 1.165) is 21.3 Å². The maximum absolute atomic E-state index is 13.2. The smallest absolute Gasteiger partial charge is 0.279 e. The number of carbonyl (C=O) groups is 1. The van der Waals surface area contributed by atoms with Crippen molar-refractivity contribution in [3.63, 3.8) is 0 Å². The summed E-state index contributed by atoms with van der Waals surface area (Å²) in [5.74, 6) is 2.11. The van der Waals surface area contributed by atoms with Gasteiger partial charge in [-0.15, -0.1) is 6.42 Å². The van der Waals surface area contributed by atoms with Crippen molar-refractivity contribution >= 4 is 49.1 Å². The number of hydrogen-bond acceptors (Lipinski definition) is 4. The average molecular weight is 538 g/mol. The van der Waals surface area contributed by atoms with Crippen molar-refractivity contribution in [2.45, 2.75) is 31.8 Å². The van der Waals surface area contributed by atoms with Gasteiger partial charge in [0.15, 0.2) is 4.80 Å². The van der Waals surface area contributed by atoms with Gasteiger partial charge in [0, 0.05) is 23.7 Å². The van der Waals surface area contributed by atoms with E-state index >= 15 is 0 Å². The summed E-state index contributed by atoms with van der Waals surface area (Å²) in [6.07, 6.45) is 5.56. The van der Waals surface area contributed by atoms with Crippen LogP contribution in [0.5, 0.6) is 0 Å². The highest BCUT2D eigenvalue weighted by Gasteiger charge is 2.23. The third-order valence-electron chi connectivity index (χ3n) is 5.77. The van der Waals surface area contributed by atoms with Crippen molar-refractivity contribution in [1.82, 2.24) is 8.87 Å². The molecule has 4 rings (SSSR count). The van der Waals surface area contributed by atoms with Crippen LogP contribution in [0.1, 0.15) is 28.4 Å². The Hall–Kier alpha value is -3.22. The number of aryl methyl sites for hydroxylation is 1. The van der Waals surface area contributed by atoms with Crippen LogP contribution < -0.4 is 4.80 Å². The molecule has 0 spiro atoms. The van der Waals surface area contributed by atoms with Crippen molar-refractivity contribution in [1.29, 1.82) is 0 Å². The summed E-state index contributed by atoms with van der Waals surface area (Å²) in [5.41, 5.74) is 2.88. The molecule has 0 aliphatic rings. The number of aromatic nitrogens is 1. The highest BCUT2D eigenvalue weighted by atomic mass is 35.5. The summed E-state index contributed by atoms with van der Waals surface area (Å²) in [5, 5.41) is 0.606. The van der Waals surface area contributed by atoms with Crippen LogP contribution in [0.3, 0.4) is 0 Å². The molecule has 6 nitrogen and oxygen atoms in total. The molecule has 0 saturated heterocycles. The van der Waals surface area contributed by atoms with Gasteiger partial charge in [0.05, 0.1) is 21.7 Å². The summed E-state index contributed by atoms with van der Waals surface area (Å²) in [4.78, 5) is 17.9. The summed E-state index contributed by atoms with van der Waals surface area (Å²) < 4.78 is 30.5. The highest BCUT2D eigenvalue weighted by molar-refractivity contribution is 7.89. The Morgan fingerprint density at radius 3 is 2.44 bits per heavy atom. The van der Waals surface area contributed by atoms with E-state index in [9.17, 15) is 13.2 Å². The number of benzene rings is 3. The fourth-order valence-electron chi connectivity index (χ4n) is 3.86. The average Bonchev–Trinajstić information content (AvgIpc) is 3.23. The monoisotopic (exact) mass is 537 g/mol. The molecule has 0 N–H and O–H groups in total. The van der Waals surface area contributed by atoms with Crippen molar-refractivity contribution in [2.24, 2.45) is 4.99 Å². The van der Waals surface area contributed by atoms with Crippen molar-refractivity contribution in [3.05, 3.63) is 93.2 Å². The first-order valence-corrected chi connectivity index (χ1v) is 13.8. The van der Waals surface area contributed by atoms with Crippen LogP contribution in [-0.4, -0.2) is 29.7 Å². The molecule has 0 fully saturated rings. The van der Waals surface area contributed by atoms with E-state index in [-0.39, 0.29) is 23.5 Å². The second kappa shape index (κ2) is 10.8. The second-order valence-corrected chi connectivity index (χ2v) is 11.4. The Morgan fingerprint density at radius 1 is 1.11 bits per heavy atom. The Bertz CT molecular complexity index is 1630. The summed E-state index contributed by atoms with van der Waals surface area (Å²) >= 11 is 7.63. The normalized spacial score (nSPS) is 12.2. The quantitative estimate of drug-likeness (QED) is 0.302. The Labute approximate surface area is 219 Å². The Morgan fingerprint density at radius 2 is 1.81 bits per heavy atom. The number of hydrogen-bond donors (Lipinski definition) is 0. The molecular weight excluding hydrogens is 514 g/mol. The zero-order valence-electron chi connectivity index (χ0n) is 19.8. The van der Waals surface area contributed by atoms with E-state index in [1.54, 1.807) is 17.6 Å². The van der Waals surface area contributed by atoms with E-state index in [4.69, 9.17) is 18.0 Å². The maximum atomic E-state index is 13.2. The zero-order chi connectivity index (χ0) is 25.9. The SMILES string of the molecule is C#CCn1c(=NC(=O)c2ccc(S(=O)(=O)N(CC)Cc3ccccc3)cc2)sc2ccc(Cl)c(C)c21. The van der Waals surface area contributed by atoms with E-state index in [1.165, 1.54) is 39.9 Å². The summed E-state index contributed by atoms with van der Waals surface area (Å²) in [6.45, 7) is 4.51. The number of amides is 1. The summed E-state index contributed by atoms with van der Waals surface area (Å²) in [6, 6.07) is 18.9. The van der Waals surface area contributed by atoms with Gasteiger partial charge in [0.2, 0.25) is 10.0 Å². The van der Waals surface area contributed by atoms with Crippen LogP contribution in [0.15, 0.2) is 76.6 Å². The topological polar surface area (TPSA) is 71.7 Å². The third kappa shape index (κ3) is 5.15. The zero-order valence-corrected chi connectivity index (χ0v) is 22.2. The number of terminal acetylenes is 1. The van der Waals surface area contributed by atoms with Gasteiger partial charge in [-0.3, -0.25) is 4.79 Å². The number of nitrogens with zero attached hydrogens (tertiary/aromatic N) is 3. The van der Waals surface area contributed by atoms with E-state index in [1.807, 2.05) is 43.3 Å². The van der Waals surface area contributed by atoms with Gasteiger partial charge in [0.25, 0.3) is 5.91 Å². The van der Waals surface area contributed by atoms with Crippen molar-refractivity contribution in [2.75, 3.05) is 6.54 Å². The van der Waals surface area contributed by atoms with Gasteiger partial charge in [-0.25, -0.2) is 8.42 Å². The standard InChI is InChI=1S/C27H24ClN3O3S2/c1-4-17-31-25-19(3)23(28)15-16-24(25)35-27(31)29-26(32)21-11-13-22(14-12-21)36(33,34)30(5-2)18-20-9-7-6-8-10-20/h1,6-16H,5,17-18H2,2-3H3. The lowest BCUT2D eigenvalue weighted by Gasteiger charge is -2.20. The van der Waals surface area contributed by atoms with E-state index in [0.29, 0.717) is 16.4 Å². The fraction of sp³-hybridized carbons (Fsp3) is 0.185. The Kier molecular flexibility index (Phi) is 7.76. The van der Waals surface area contributed by atoms with Gasteiger partial charge >= 0.3 is 0 Å². The molecule has 1 amide bonds. The molecule has 4 aromatic rings. The molecule has 0 radical (unpaired) electrons. The van der Waals surface area contributed by atoms with E-state index < -0.39 is 15.9 Å². The van der Waals surface area contributed by atoms with Crippen LogP contribution in [0.4, 0.5) is 0 Å². The minimum absolute atomic E-state index is 0.117. The molecule has 36 heavy (non-hydrogen) atoms. The molecule has 1 aromatic heterocycles. The lowest BCUT2D eigenvalue weighted by atomic mass is 10.2. The van der Waals surface area contributed by atoms with Crippen LogP contribution in [0.25, 0.3) is 10.2 Å². The molecule has 0 aliphatic heterocycles. The predicted molar refractivity (Wildman–Crippen MR) is 144 cm³/mol. The molecule has 0 aliphatic carbocycles. The molecule has 0 atom stereocenters. The van der Waals surface area contributed by atoms with Gasteiger partial charge < -0.3 is 4.57 Å². The van der Waals surface area contributed by atoms with Gasteiger partial charge in [-0.2, -0.15) is 9.30 Å². The first-order valence-electron chi connectivity index (χ1n) is 11.2. The molecule has 0 saturated carbocycles. The molecular formula is C27H24ClN3O3S2. The predicted octanol–water partition coefficient (Wildman–Crippen LogP) is 5.25. The van der Waals surface area contributed by atoms with Crippen LogP contribution in [0, 0.1) is 19.3 Å². The third-order valence-corrected chi connectivity index (χ3v) is 9.16. The van der Waals surface area contributed by atoms with E-state index in [2.05, 4.69) is 10.9 Å². The molecule has 3 aromatic carbocycles. The highest BCUT2D eigenvalue weighted by Crippen LogP contribution is 2.27. The number of rotatable bonds is 7. The number of halogens is 1. The van der Waals surface area contributed by atoms with Crippen LogP contribution in [0.2, 0.25) is 5.02 Å². The van der Waals surface area contributed by atoms with Gasteiger partial charge in [0.1, 0.15) is 0 Å². The largest absolute Gasteiger partial charge is 0.304 e. The first-order chi connectivity index (χ1) is 17.3.